The normalized spacial score (nSPS) is 12.2. The van der Waals surface area contributed by atoms with Gasteiger partial charge in [-0.3, -0.25) is 0 Å². The lowest BCUT2D eigenvalue weighted by Gasteiger charge is -2.17. The van der Waals surface area contributed by atoms with E-state index in [1.54, 1.807) is 24.3 Å². The fourth-order valence-electron chi connectivity index (χ4n) is 1.78. The number of hydrogen-bond acceptors (Lipinski definition) is 2. The number of ether oxygens (including phenoxy) is 1. The van der Waals surface area contributed by atoms with Crippen molar-refractivity contribution < 1.29 is 9.13 Å². The molecule has 0 bridgehead atoms. The van der Waals surface area contributed by atoms with Gasteiger partial charge in [-0.2, -0.15) is 0 Å². The van der Waals surface area contributed by atoms with Gasteiger partial charge in [0.25, 0.3) is 0 Å². The molecule has 19 heavy (non-hydrogen) atoms. The third-order valence-corrected chi connectivity index (χ3v) is 3.07. The van der Waals surface area contributed by atoms with Crippen molar-refractivity contribution in [3.8, 4) is 5.75 Å². The molecule has 0 aliphatic carbocycles. The lowest BCUT2D eigenvalue weighted by Crippen LogP contribution is -2.23. The van der Waals surface area contributed by atoms with Crippen molar-refractivity contribution in [1.29, 1.82) is 0 Å². The minimum atomic E-state index is -0.241. The minimum Gasteiger partial charge on any atom is -0.492 e. The van der Waals surface area contributed by atoms with Crippen LogP contribution in [0.5, 0.6) is 5.75 Å². The number of hydrogen-bond donors (Lipinski definition) is 1. The fourth-order valence-corrected chi connectivity index (χ4v) is 1.96. The van der Waals surface area contributed by atoms with Crippen LogP contribution in [-0.2, 0) is 0 Å². The largest absolute Gasteiger partial charge is 0.492 e. The van der Waals surface area contributed by atoms with Crippen LogP contribution in [0.4, 0.5) is 4.39 Å². The van der Waals surface area contributed by atoms with Gasteiger partial charge < -0.3 is 10.1 Å². The molecule has 0 saturated heterocycles. The first-order chi connectivity index (χ1) is 9.19. The second-order valence-corrected chi connectivity index (χ2v) is 4.60. The molecule has 0 aliphatic rings. The maximum absolute atomic E-state index is 12.9. The van der Waals surface area contributed by atoms with Crippen LogP contribution >= 0.6 is 11.6 Å². The molecule has 1 N–H and O–H groups in total. The maximum atomic E-state index is 12.9. The van der Waals surface area contributed by atoms with Crippen LogP contribution in [0, 0.1) is 5.82 Å². The topological polar surface area (TPSA) is 21.3 Å². The number of rotatable bonds is 5. The van der Waals surface area contributed by atoms with Gasteiger partial charge in [0, 0.05) is 5.02 Å². The first-order valence-electron chi connectivity index (χ1n) is 6.00. The molecule has 0 saturated carbocycles. The predicted octanol–water partition coefficient (Wildman–Crippen LogP) is 3.82. The average molecular weight is 280 g/mol. The van der Waals surface area contributed by atoms with Gasteiger partial charge >= 0.3 is 0 Å². The highest BCUT2D eigenvalue weighted by atomic mass is 35.5. The Labute approximate surface area is 117 Å². The van der Waals surface area contributed by atoms with Gasteiger partial charge in [-0.25, -0.2) is 4.39 Å². The number of halogens is 2. The summed E-state index contributed by atoms with van der Waals surface area (Å²) in [5.74, 6) is 0.476. The van der Waals surface area contributed by atoms with Gasteiger partial charge in [-0.1, -0.05) is 29.8 Å². The molecular formula is C15H15ClFNO. The van der Waals surface area contributed by atoms with Crippen molar-refractivity contribution in [2.45, 2.75) is 6.04 Å². The third-order valence-electron chi connectivity index (χ3n) is 2.83. The number of likely N-dealkylation sites (N-methyl/N-ethyl adjacent to an activating group) is 1. The van der Waals surface area contributed by atoms with Crippen LogP contribution in [0.2, 0.25) is 5.02 Å². The lowest BCUT2D eigenvalue weighted by molar-refractivity contribution is 0.273. The molecule has 0 aromatic heterocycles. The average Bonchev–Trinajstić information content (AvgIpc) is 2.41. The molecule has 0 amide bonds. The van der Waals surface area contributed by atoms with E-state index in [-0.39, 0.29) is 11.9 Å². The van der Waals surface area contributed by atoms with E-state index in [2.05, 4.69) is 5.32 Å². The summed E-state index contributed by atoms with van der Waals surface area (Å²) in [6, 6.07) is 13.6. The molecule has 0 radical (unpaired) electrons. The lowest BCUT2D eigenvalue weighted by atomic mass is 10.1. The molecule has 2 rings (SSSR count). The monoisotopic (exact) mass is 279 g/mol. The van der Waals surface area contributed by atoms with Crippen LogP contribution in [0.25, 0.3) is 0 Å². The minimum absolute atomic E-state index is 0.000387. The molecule has 100 valence electrons. The second-order valence-electron chi connectivity index (χ2n) is 4.16. The summed E-state index contributed by atoms with van der Waals surface area (Å²) in [4.78, 5) is 0. The van der Waals surface area contributed by atoms with E-state index in [9.17, 15) is 4.39 Å². The Hall–Kier alpha value is -1.58. The Bertz CT molecular complexity index is 530. The molecule has 4 heteroatoms. The van der Waals surface area contributed by atoms with E-state index in [0.29, 0.717) is 11.6 Å². The molecular weight excluding hydrogens is 265 g/mol. The Morgan fingerprint density at radius 2 is 1.95 bits per heavy atom. The van der Waals surface area contributed by atoms with E-state index in [1.807, 2.05) is 19.2 Å². The summed E-state index contributed by atoms with van der Waals surface area (Å²) in [6.07, 6.45) is 0. The number of nitrogens with one attached hydrogen (secondary N) is 1. The van der Waals surface area contributed by atoms with Crippen LogP contribution in [0.3, 0.4) is 0 Å². The SMILES string of the molecule is CNC(COc1cccc(Cl)c1)c1ccc(F)cc1. The van der Waals surface area contributed by atoms with Crippen LogP contribution in [-0.4, -0.2) is 13.7 Å². The zero-order valence-corrected chi connectivity index (χ0v) is 11.3. The zero-order valence-electron chi connectivity index (χ0n) is 10.6. The Balaban J connectivity index is 2.01. The van der Waals surface area contributed by atoms with Crippen molar-refractivity contribution in [3.63, 3.8) is 0 Å². The predicted molar refractivity (Wildman–Crippen MR) is 75.1 cm³/mol. The first-order valence-corrected chi connectivity index (χ1v) is 6.38. The van der Waals surface area contributed by atoms with Crippen LogP contribution in [0.15, 0.2) is 48.5 Å². The zero-order chi connectivity index (χ0) is 13.7. The summed E-state index contributed by atoms with van der Waals surface area (Å²) in [7, 11) is 1.84. The molecule has 2 aromatic carbocycles. The number of benzene rings is 2. The van der Waals surface area contributed by atoms with Gasteiger partial charge in [0.1, 0.15) is 18.2 Å². The maximum Gasteiger partial charge on any atom is 0.123 e. The quantitative estimate of drug-likeness (QED) is 0.898. The van der Waals surface area contributed by atoms with Crippen molar-refractivity contribution in [2.24, 2.45) is 0 Å². The Morgan fingerprint density at radius 1 is 1.21 bits per heavy atom. The summed E-state index contributed by atoms with van der Waals surface area (Å²) >= 11 is 5.89. The standard InChI is InChI=1S/C15H15ClFNO/c1-18-15(11-5-7-13(17)8-6-11)10-19-14-4-2-3-12(16)9-14/h2-9,15,18H,10H2,1H3. The molecule has 1 unspecified atom stereocenters. The van der Waals surface area contributed by atoms with Gasteiger partial charge in [0.05, 0.1) is 6.04 Å². The second kappa shape index (κ2) is 6.55. The van der Waals surface area contributed by atoms with Crippen LogP contribution < -0.4 is 10.1 Å². The highest BCUT2D eigenvalue weighted by molar-refractivity contribution is 6.30. The molecule has 2 nitrogen and oxygen atoms in total. The molecule has 1 atom stereocenters. The third kappa shape index (κ3) is 3.94. The van der Waals surface area contributed by atoms with E-state index < -0.39 is 0 Å². The fraction of sp³-hybridized carbons (Fsp3) is 0.200. The highest BCUT2D eigenvalue weighted by Gasteiger charge is 2.10. The van der Waals surface area contributed by atoms with E-state index >= 15 is 0 Å². The van der Waals surface area contributed by atoms with Crippen LogP contribution in [0.1, 0.15) is 11.6 Å². The molecule has 0 aliphatic heterocycles. The summed E-state index contributed by atoms with van der Waals surface area (Å²) < 4.78 is 18.6. The van der Waals surface area contributed by atoms with E-state index in [0.717, 1.165) is 11.3 Å². The molecule has 0 fully saturated rings. The molecule has 0 heterocycles. The van der Waals surface area contributed by atoms with Gasteiger partial charge in [0.2, 0.25) is 0 Å². The van der Waals surface area contributed by atoms with Crippen molar-refractivity contribution >= 4 is 11.6 Å². The van der Waals surface area contributed by atoms with E-state index in [4.69, 9.17) is 16.3 Å². The van der Waals surface area contributed by atoms with Gasteiger partial charge in [0.15, 0.2) is 0 Å². The first kappa shape index (κ1) is 13.8. The van der Waals surface area contributed by atoms with Gasteiger partial charge in [-0.15, -0.1) is 0 Å². The summed E-state index contributed by atoms with van der Waals surface area (Å²) in [6.45, 7) is 0.447. The molecule has 2 aromatic rings. The Kier molecular flexibility index (Phi) is 4.77. The summed E-state index contributed by atoms with van der Waals surface area (Å²) in [5, 5.41) is 3.78. The highest BCUT2D eigenvalue weighted by Crippen LogP contribution is 2.20. The van der Waals surface area contributed by atoms with Crippen molar-refractivity contribution in [1.82, 2.24) is 5.32 Å². The van der Waals surface area contributed by atoms with Gasteiger partial charge in [-0.05, 0) is 42.9 Å². The van der Waals surface area contributed by atoms with Crippen molar-refractivity contribution in [3.05, 3.63) is 64.9 Å². The van der Waals surface area contributed by atoms with Crippen molar-refractivity contribution in [2.75, 3.05) is 13.7 Å². The summed E-state index contributed by atoms with van der Waals surface area (Å²) in [5.41, 5.74) is 0.978. The van der Waals surface area contributed by atoms with E-state index in [1.165, 1.54) is 12.1 Å². The Morgan fingerprint density at radius 3 is 2.58 bits per heavy atom. The smallest absolute Gasteiger partial charge is 0.123 e. The molecule has 0 spiro atoms.